The molecule has 1 saturated carbocycles. The van der Waals surface area contributed by atoms with E-state index in [1.165, 1.54) is 25.7 Å². The lowest BCUT2D eigenvalue weighted by Crippen LogP contribution is -1.98. The molecule has 0 heterocycles. The molecule has 54 valence electrons. The van der Waals surface area contributed by atoms with Gasteiger partial charge in [0.2, 0.25) is 0 Å². The smallest absolute Gasteiger partial charge is 0.0512 e. The van der Waals surface area contributed by atoms with E-state index in [1.807, 2.05) is 6.92 Å². The van der Waals surface area contributed by atoms with Crippen molar-refractivity contribution >= 4 is 0 Å². The summed E-state index contributed by atoms with van der Waals surface area (Å²) in [4.78, 5) is 0. The Hall–Kier alpha value is -0.0400. The number of rotatable bonds is 4. The van der Waals surface area contributed by atoms with Crippen molar-refractivity contribution in [3.05, 3.63) is 0 Å². The van der Waals surface area contributed by atoms with Crippen LogP contribution in [0.2, 0.25) is 0 Å². The first kappa shape index (κ1) is 7.07. The van der Waals surface area contributed by atoms with Crippen LogP contribution in [0.4, 0.5) is 0 Å². The van der Waals surface area contributed by atoms with Crippen LogP contribution in [0, 0.1) is 5.92 Å². The minimum atomic E-state index is -0.0799. The van der Waals surface area contributed by atoms with Gasteiger partial charge < -0.3 is 5.11 Å². The maximum atomic E-state index is 8.89. The highest BCUT2D eigenvalue weighted by atomic mass is 16.3. The lowest BCUT2D eigenvalue weighted by atomic mass is 10.1. The fourth-order valence-corrected chi connectivity index (χ4v) is 1.11. The predicted octanol–water partition coefficient (Wildman–Crippen LogP) is 1.95. The zero-order valence-electron chi connectivity index (χ0n) is 6.14. The van der Waals surface area contributed by atoms with E-state index in [4.69, 9.17) is 5.11 Å². The van der Waals surface area contributed by atoms with Gasteiger partial charge in [-0.15, -0.1) is 0 Å². The molecule has 0 radical (unpaired) electrons. The van der Waals surface area contributed by atoms with Crippen LogP contribution in [0.25, 0.3) is 0 Å². The third-order valence-electron chi connectivity index (χ3n) is 1.93. The summed E-state index contributed by atoms with van der Waals surface area (Å²) in [5, 5.41) is 8.89. The summed E-state index contributed by atoms with van der Waals surface area (Å²) >= 11 is 0. The minimum Gasteiger partial charge on any atom is -0.393 e. The maximum absolute atomic E-state index is 8.89. The largest absolute Gasteiger partial charge is 0.393 e. The first-order valence-electron chi connectivity index (χ1n) is 3.97. The van der Waals surface area contributed by atoms with E-state index < -0.39 is 0 Å². The van der Waals surface area contributed by atoms with E-state index in [1.54, 1.807) is 0 Å². The Morgan fingerprint density at radius 1 is 1.56 bits per heavy atom. The van der Waals surface area contributed by atoms with Gasteiger partial charge in [0, 0.05) is 0 Å². The molecule has 0 aliphatic heterocycles. The number of hydrogen-bond donors (Lipinski definition) is 1. The molecule has 0 spiro atoms. The van der Waals surface area contributed by atoms with Gasteiger partial charge in [-0.2, -0.15) is 0 Å². The summed E-state index contributed by atoms with van der Waals surface area (Å²) < 4.78 is 0. The van der Waals surface area contributed by atoms with Crippen LogP contribution in [-0.2, 0) is 0 Å². The Morgan fingerprint density at radius 3 is 2.67 bits per heavy atom. The predicted molar refractivity (Wildman–Crippen MR) is 38.3 cm³/mol. The molecular formula is C8H16O. The van der Waals surface area contributed by atoms with Crippen molar-refractivity contribution in [1.82, 2.24) is 0 Å². The van der Waals surface area contributed by atoms with Gasteiger partial charge in [0.1, 0.15) is 0 Å². The second-order valence-corrected chi connectivity index (χ2v) is 3.22. The quantitative estimate of drug-likeness (QED) is 0.613. The minimum absolute atomic E-state index is 0.0799. The summed E-state index contributed by atoms with van der Waals surface area (Å²) in [6, 6.07) is 0. The molecule has 0 bridgehead atoms. The second-order valence-electron chi connectivity index (χ2n) is 3.22. The van der Waals surface area contributed by atoms with Crippen molar-refractivity contribution in [2.24, 2.45) is 5.92 Å². The SMILES string of the molecule is C[C@@H](O)CCCC1CC1. The summed E-state index contributed by atoms with van der Waals surface area (Å²) in [5.74, 6) is 1.03. The molecule has 0 aromatic carbocycles. The van der Waals surface area contributed by atoms with Crippen molar-refractivity contribution in [3.8, 4) is 0 Å². The van der Waals surface area contributed by atoms with Crippen molar-refractivity contribution < 1.29 is 5.11 Å². The van der Waals surface area contributed by atoms with Gasteiger partial charge in [-0.25, -0.2) is 0 Å². The van der Waals surface area contributed by atoms with Gasteiger partial charge in [-0.3, -0.25) is 0 Å². The molecule has 1 nitrogen and oxygen atoms in total. The van der Waals surface area contributed by atoms with Crippen LogP contribution < -0.4 is 0 Å². The van der Waals surface area contributed by atoms with Crippen LogP contribution in [0.15, 0.2) is 0 Å². The standard InChI is InChI=1S/C8H16O/c1-7(9)3-2-4-8-5-6-8/h7-9H,2-6H2,1H3/t7-/m1/s1. The van der Waals surface area contributed by atoms with E-state index in [0.29, 0.717) is 0 Å². The molecule has 9 heavy (non-hydrogen) atoms. The molecule has 0 aromatic heterocycles. The molecule has 0 saturated heterocycles. The fraction of sp³-hybridized carbons (Fsp3) is 1.00. The van der Waals surface area contributed by atoms with Gasteiger partial charge >= 0.3 is 0 Å². The van der Waals surface area contributed by atoms with E-state index in [9.17, 15) is 0 Å². The second kappa shape index (κ2) is 3.21. The average molecular weight is 128 g/mol. The highest BCUT2D eigenvalue weighted by Crippen LogP contribution is 2.33. The maximum Gasteiger partial charge on any atom is 0.0512 e. The lowest BCUT2D eigenvalue weighted by molar-refractivity contribution is 0.180. The first-order valence-corrected chi connectivity index (χ1v) is 3.97. The zero-order chi connectivity index (χ0) is 6.69. The van der Waals surface area contributed by atoms with E-state index >= 15 is 0 Å². The molecule has 1 fully saturated rings. The molecule has 0 unspecified atom stereocenters. The first-order chi connectivity index (χ1) is 4.29. The Morgan fingerprint density at radius 2 is 2.22 bits per heavy atom. The molecule has 1 heteroatoms. The number of aliphatic hydroxyl groups excluding tert-OH is 1. The van der Waals surface area contributed by atoms with E-state index in [2.05, 4.69) is 0 Å². The highest BCUT2D eigenvalue weighted by molar-refractivity contribution is 4.72. The third kappa shape index (κ3) is 3.52. The lowest BCUT2D eigenvalue weighted by Gasteiger charge is -2.01. The van der Waals surface area contributed by atoms with Crippen LogP contribution >= 0.6 is 0 Å². The molecule has 1 aliphatic rings. The van der Waals surface area contributed by atoms with Gasteiger partial charge in [-0.1, -0.05) is 25.7 Å². The van der Waals surface area contributed by atoms with Crippen molar-refractivity contribution in [2.45, 2.75) is 45.1 Å². The average Bonchev–Trinajstić information content (AvgIpc) is 2.48. The highest BCUT2D eigenvalue weighted by Gasteiger charge is 2.20. The number of aliphatic hydroxyl groups is 1. The topological polar surface area (TPSA) is 20.2 Å². The Balaban J connectivity index is 1.81. The molecular weight excluding hydrogens is 112 g/mol. The van der Waals surface area contributed by atoms with Crippen LogP contribution in [0.5, 0.6) is 0 Å². The van der Waals surface area contributed by atoms with Crippen molar-refractivity contribution in [3.63, 3.8) is 0 Å². The van der Waals surface area contributed by atoms with Gasteiger partial charge in [0.15, 0.2) is 0 Å². The molecule has 1 rings (SSSR count). The van der Waals surface area contributed by atoms with Gasteiger partial charge in [-0.05, 0) is 19.3 Å². The zero-order valence-corrected chi connectivity index (χ0v) is 6.14. The fourth-order valence-electron chi connectivity index (χ4n) is 1.11. The Kier molecular flexibility index (Phi) is 2.52. The normalized spacial score (nSPS) is 22.0. The summed E-state index contributed by atoms with van der Waals surface area (Å²) in [5.41, 5.74) is 0. The van der Waals surface area contributed by atoms with Gasteiger partial charge in [0.25, 0.3) is 0 Å². The summed E-state index contributed by atoms with van der Waals surface area (Å²) in [6.45, 7) is 1.87. The van der Waals surface area contributed by atoms with Crippen LogP contribution in [-0.4, -0.2) is 11.2 Å². The molecule has 1 N–H and O–H groups in total. The van der Waals surface area contributed by atoms with Crippen molar-refractivity contribution in [1.29, 1.82) is 0 Å². The molecule has 0 amide bonds. The monoisotopic (exact) mass is 128 g/mol. The summed E-state index contributed by atoms with van der Waals surface area (Å²) in [7, 11) is 0. The van der Waals surface area contributed by atoms with Gasteiger partial charge in [0.05, 0.1) is 6.10 Å². The van der Waals surface area contributed by atoms with Crippen molar-refractivity contribution in [2.75, 3.05) is 0 Å². The van der Waals surface area contributed by atoms with Crippen LogP contribution in [0.3, 0.4) is 0 Å². The Bertz CT molecular complexity index is 72.6. The van der Waals surface area contributed by atoms with E-state index in [-0.39, 0.29) is 6.10 Å². The van der Waals surface area contributed by atoms with Crippen LogP contribution in [0.1, 0.15) is 39.0 Å². The molecule has 0 aromatic rings. The third-order valence-corrected chi connectivity index (χ3v) is 1.93. The Labute approximate surface area is 57.1 Å². The summed E-state index contributed by atoms with van der Waals surface area (Å²) in [6.07, 6.45) is 6.38. The van der Waals surface area contributed by atoms with E-state index in [0.717, 1.165) is 12.3 Å². The molecule has 1 atom stereocenters. The molecule has 1 aliphatic carbocycles. The number of hydrogen-bond acceptors (Lipinski definition) is 1.